The van der Waals surface area contributed by atoms with Crippen LogP contribution in [-0.4, -0.2) is 29.0 Å². The number of aromatic nitrogens is 3. The lowest BCUT2D eigenvalue weighted by Gasteiger charge is -2.28. The lowest BCUT2D eigenvalue weighted by molar-refractivity contribution is 0.515. The van der Waals surface area contributed by atoms with E-state index >= 15 is 0 Å². The molecular formula is C22H18ClF2N5O. The topological polar surface area (TPSA) is 65.1 Å². The maximum atomic E-state index is 14.4. The van der Waals surface area contributed by atoms with Crippen LogP contribution in [0, 0.1) is 11.6 Å². The Kier molecular flexibility index (Phi) is 5.56. The lowest BCUT2D eigenvalue weighted by atomic mass is 10.1. The van der Waals surface area contributed by atoms with Crippen LogP contribution < -0.4 is 15.4 Å². The molecule has 4 aromatic rings. The molecule has 0 bridgehead atoms. The minimum Gasteiger partial charge on any atom is -0.360 e. The van der Waals surface area contributed by atoms with Crippen LogP contribution in [0.2, 0.25) is 5.02 Å². The summed E-state index contributed by atoms with van der Waals surface area (Å²) >= 11 is 6.22. The van der Waals surface area contributed by atoms with Gasteiger partial charge in [0.2, 0.25) is 5.56 Å². The molecule has 0 radical (unpaired) electrons. The van der Waals surface area contributed by atoms with E-state index in [9.17, 15) is 13.6 Å². The summed E-state index contributed by atoms with van der Waals surface area (Å²) in [4.78, 5) is 27.1. The van der Waals surface area contributed by atoms with E-state index in [1.165, 1.54) is 12.1 Å². The molecule has 2 aromatic carbocycles. The van der Waals surface area contributed by atoms with Gasteiger partial charge < -0.3 is 14.8 Å². The molecule has 0 aliphatic carbocycles. The minimum absolute atomic E-state index is 0.144. The molecule has 2 aromatic heterocycles. The van der Waals surface area contributed by atoms with Gasteiger partial charge in [0, 0.05) is 48.7 Å². The molecule has 6 nitrogen and oxygen atoms in total. The fourth-order valence-corrected chi connectivity index (χ4v) is 3.58. The van der Waals surface area contributed by atoms with Gasteiger partial charge in [-0.15, -0.1) is 0 Å². The van der Waals surface area contributed by atoms with Crippen LogP contribution in [0.4, 0.5) is 26.1 Å². The SMILES string of the molecule is CN(C)c1nccnc1N(Cc1cc(=O)[nH]c2c(F)c(F)ccc12)c1cccc(Cl)c1. The summed E-state index contributed by atoms with van der Waals surface area (Å²) in [5.74, 6) is -1.02. The number of anilines is 3. The number of nitrogens with one attached hydrogen (secondary N) is 1. The molecule has 9 heteroatoms. The highest BCUT2D eigenvalue weighted by Crippen LogP contribution is 2.34. The van der Waals surface area contributed by atoms with Crippen molar-refractivity contribution in [3.05, 3.63) is 87.4 Å². The smallest absolute Gasteiger partial charge is 0.248 e. The van der Waals surface area contributed by atoms with Gasteiger partial charge in [-0.25, -0.2) is 18.7 Å². The van der Waals surface area contributed by atoms with E-state index in [4.69, 9.17) is 11.6 Å². The number of nitrogens with zero attached hydrogens (tertiary/aromatic N) is 4. The number of rotatable bonds is 5. The molecule has 0 amide bonds. The first-order valence-corrected chi connectivity index (χ1v) is 9.74. The molecule has 0 fully saturated rings. The normalized spacial score (nSPS) is 11.0. The van der Waals surface area contributed by atoms with Gasteiger partial charge in [0.15, 0.2) is 23.3 Å². The van der Waals surface area contributed by atoms with E-state index in [0.29, 0.717) is 33.3 Å². The van der Waals surface area contributed by atoms with E-state index < -0.39 is 17.2 Å². The number of benzene rings is 2. The monoisotopic (exact) mass is 441 g/mol. The molecule has 4 rings (SSSR count). The fourth-order valence-electron chi connectivity index (χ4n) is 3.40. The van der Waals surface area contributed by atoms with E-state index in [2.05, 4.69) is 15.0 Å². The van der Waals surface area contributed by atoms with Crippen LogP contribution in [0.25, 0.3) is 10.9 Å². The minimum atomic E-state index is -1.10. The van der Waals surface area contributed by atoms with Crippen LogP contribution in [0.1, 0.15) is 5.56 Å². The van der Waals surface area contributed by atoms with Crippen LogP contribution in [0.5, 0.6) is 0 Å². The van der Waals surface area contributed by atoms with Gasteiger partial charge in [-0.2, -0.15) is 0 Å². The first-order valence-electron chi connectivity index (χ1n) is 9.36. The third-order valence-electron chi connectivity index (χ3n) is 4.78. The van der Waals surface area contributed by atoms with Crippen molar-refractivity contribution in [2.45, 2.75) is 6.54 Å². The summed E-state index contributed by atoms with van der Waals surface area (Å²) in [6.45, 7) is 0.144. The van der Waals surface area contributed by atoms with Gasteiger partial charge in [0.05, 0.1) is 12.1 Å². The zero-order valence-corrected chi connectivity index (χ0v) is 17.5. The third kappa shape index (κ3) is 4.06. The van der Waals surface area contributed by atoms with Gasteiger partial charge in [-0.1, -0.05) is 17.7 Å². The Balaban J connectivity index is 1.93. The molecular weight excluding hydrogens is 424 g/mol. The van der Waals surface area contributed by atoms with Crippen molar-refractivity contribution >= 4 is 39.8 Å². The van der Waals surface area contributed by atoms with Gasteiger partial charge >= 0.3 is 0 Å². The van der Waals surface area contributed by atoms with E-state index in [1.807, 2.05) is 30.0 Å². The van der Waals surface area contributed by atoms with Crippen molar-refractivity contribution in [2.75, 3.05) is 23.9 Å². The summed E-state index contributed by atoms with van der Waals surface area (Å²) in [5.41, 5.74) is 0.477. The number of aromatic amines is 1. The highest BCUT2D eigenvalue weighted by atomic mass is 35.5. The molecule has 0 saturated carbocycles. The van der Waals surface area contributed by atoms with Crippen LogP contribution in [-0.2, 0) is 6.54 Å². The average molecular weight is 442 g/mol. The van der Waals surface area contributed by atoms with Crippen molar-refractivity contribution in [2.24, 2.45) is 0 Å². The summed E-state index contributed by atoms with van der Waals surface area (Å²) < 4.78 is 28.1. The van der Waals surface area contributed by atoms with E-state index in [-0.39, 0.29) is 12.1 Å². The second-order valence-electron chi connectivity index (χ2n) is 7.11. The zero-order chi connectivity index (χ0) is 22.1. The Hall–Kier alpha value is -3.52. The first kappa shape index (κ1) is 20.7. The molecule has 0 saturated heterocycles. The van der Waals surface area contributed by atoms with Crippen molar-refractivity contribution in [3.8, 4) is 0 Å². The molecule has 2 heterocycles. The quantitative estimate of drug-likeness (QED) is 0.488. The first-order chi connectivity index (χ1) is 14.8. The van der Waals surface area contributed by atoms with E-state index in [0.717, 1.165) is 6.07 Å². The predicted octanol–water partition coefficient (Wildman–Crippen LogP) is 4.65. The number of hydrogen-bond acceptors (Lipinski definition) is 5. The Morgan fingerprint density at radius 3 is 2.48 bits per heavy atom. The number of hydrogen-bond donors (Lipinski definition) is 1. The molecule has 158 valence electrons. The van der Waals surface area contributed by atoms with E-state index in [1.54, 1.807) is 30.6 Å². The predicted molar refractivity (Wildman–Crippen MR) is 118 cm³/mol. The molecule has 0 unspecified atom stereocenters. The average Bonchev–Trinajstić information content (AvgIpc) is 2.74. The molecule has 0 aliphatic heterocycles. The van der Waals surface area contributed by atoms with Crippen molar-refractivity contribution in [1.82, 2.24) is 15.0 Å². The van der Waals surface area contributed by atoms with Crippen molar-refractivity contribution in [1.29, 1.82) is 0 Å². The molecule has 0 spiro atoms. The Morgan fingerprint density at radius 2 is 1.77 bits per heavy atom. The number of fused-ring (bicyclic) bond motifs is 1. The van der Waals surface area contributed by atoms with Crippen molar-refractivity contribution < 1.29 is 8.78 Å². The van der Waals surface area contributed by atoms with Crippen LogP contribution >= 0.6 is 11.6 Å². The standard InChI is InChI=1S/C22H18ClF2N5O/c1-29(2)21-22(27-9-8-26-21)30(15-5-3-4-14(23)11-15)12-13-10-18(31)28-20-16(13)6-7-17(24)19(20)25/h3-11H,12H2,1-2H3,(H,28,31). The second kappa shape index (κ2) is 8.31. The molecule has 31 heavy (non-hydrogen) atoms. The summed E-state index contributed by atoms with van der Waals surface area (Å²) in [5, 5.41) is 0.905. The zero-order valence-electron chi connectivity index (χ0n) is 16.7. The van der Waals surface area contributed by atoms with Gasteiger partial charge in [0.1, 0.15) is 0 Å². The van der Waals surface area contributed by atoms with Gasteiger partial charge in [-0.3, -0.25) is 4.79 Å². The molecule has 0 atom stereocenters. The summed E-state index contributed by atoms with van der Waals surface area (Å²) in [7, 11) is 3.68. The molecule has 0 aliphatic rings. The second-order valence-corrected chi connectivity index (χ2v) is 7.54. The maximum Gasteiger partial charge on any atom is 0.248 e. The third-order valence-corrected chi connectivity index (χ3v) is 5.02. The van der Waals surface area contributed by atoms with Gasteiger partial charge in [-0.05, 0) is 35.9 Å². The van der Waals surface area contributed by atoms with Crippen LogP contribution in [0.3, 0.4) is 0 Å². The van der Waals surface area contributed by atoms with Gasteiger partial charge in [0.25, 0.3) is 0 Å². The number of halogens is 3. The molecule has 1 N–H and O–H groups in total. The maximum absolute atomic E-state index is 14.4. The fraction of sp³-hybridized carbons (Fsp3) is 0.136. The highest BCUT2D eigenvalue weighted by molar-refractivity contribution is 6.30. The number of pyridine rings is 1. The Bertz CT molecular complexity index is 1330. The summed E-state index contributed by atoms with van der Waals surface area (Å²) in [6.07, 6.45) is 3.14. The summed E-state index contributed by atoms with van der Waals surface area (Å²) in [6, 6.07) is 11.0. The largest absolute Gasteiger partial charge is 0.360 e. The Morgan fingerprint density at radius 1 is 1.03 bits per heavy atom. The number of H-pyrrole nitrogens is 1. The highest BCUT2D eigenvalue weighted by Gasteiger charge is 2.20. The lowest BCUT2D eigenvalue weighted by Crippen LogP contribution is -2.23. The Labute approximate surface area is 181 Å². The van der Waals surface area contributed by atoms with Crippen LogP contribution in [0.15, 0.2) is 59.7 Å². The van der Waals surface area contributed by atoms with Crippen molar-refractivity contribution in [3.63, 3.8) is 0 Å².